The zero-order chi connectivity index (χ0) is 10.6. The molecule has 1 unspecified atom stereocenters. The maximum atomic E-state index is 9.82. The van der Waals surface area contributed by atoms with Gasteiger partial charge in [-0.25, -0.2) is 0 Å². The Balaban J connectivity index is 3.28. The summed E-state index contributed by atoms with van der Waals surface area (Å²) in [4.78, 5) is 9.82. The summed E-state index contributed by atoms with van der Waals surface area (Å²) in [6.45, 7) is 6.52. The van der Waals surface area contributed by atoms with Crippen LogP contribution in [0.1, 0.15) is 39.5 Å². The predicted octanol–water partition coefficient (Wildman–Crippen LogP) is 2.39. The second kappa shape index (κ2) is 10.5. The van der Waals surface area contributed by atoms with Gasteiger partial charge in [0.2, 0.25) is 0 Å². The van der Waals surface area contributed by atoms with Crippen LogP contribution in [-0.4, -0.2) is 26.3 Å². The van der Waals surface area contributed by atoms with E-state index >= 15 is 0 Å². The lowest BCUT2D eigenvalue weighted by molar-refractivity contribution is -0.130. The Morgan fingerprint density at radius 2 is 2.07 bits per heavy atom. The van der Waals surface area contributed by atoms with Crippen LogP contribution in [0, 0.1) is 5.92 Å². The molecular formula is C11H22O3. The minimum absolute atomic E-state index is 0.369. The van der Waals surface area contributed by atoms with Gasteiger partial charge in [-0.3, -0.25) is 4.79 Å². The Morgan fingerprint density at radius 1 is 1.29 bits per heavy atom. The van der Waals surface area contributed by atoms with E-state index in [9.17, 15) is 4.79 Å². The lowest BCUT2D eigenvalue weighted by atomic mass is 10.0. The highest BCUT2D eigenvalue weighted by Gasteiger charge is 2.05. The first-order valence-corrected chi connectivity index (χ1v) is 5.48. The number of unbranched alkanes of at least 4 members (excludes halogenated alkanes) is 1. The van der Waals surface area contributed by atoms with Crippen molar-refractivity contribution in [3.8, 4) is 0 Å². The maximum Gasteiger partial charge on any atom is 0.293 e. The van der Waals surface area contributed by atoms with Crippen LogP contribution in [0.4, 0.5) is 0 Å². The first-order chi connectivity index (χ1) is 6.85. The first kappa shape index (κ1) is 13.4. The molecule has 0 N–H and O–H groups in total. The van der Waals surface area contributed by atoms with Crippen molar-refractivity contribution in [1.29, 1.82) is 0 Å². The lowest BCUT2D eigenvalue weighted by Crippen LogP contribution is -2.12. The van der Waals surface area contributed by atoms with Crippen LogP contribution in [0.15, 0.2) is 0 Å². The van der Waals surface area contributed by atoms with Crippen LogP contribution < -0.4 is 0 Å². The van der Waals surface area contributed by atoms with E-state index in [1.807, 2.05) is 0 Å². The van der Waals surface area contributed by atoms with Gasteiger partial charge in [-0.1, -0.05) is 33.1 Å². The standard InChI is InChI=1S/C11H22O3/c1-3-5-6-11(4-2)9-13-7-8-14-10-12/h10-11H,3-9H2,1-2H3. The molecule has 3 nitrogen and oxygen atoms in total. The molecule has 0 rings (SSSR count). The fourth-order valence-electron chi connectivity index (χ4n) is 1.30. The summed E-state index contributed by atoms with van der Waals surface area (Å²) < 4.78 is 9.93. The molecule has 84 valence electrons. The largest absolute Gasteiger partial charge is 0.465 e. The van der Waals surface area contributed by atoms with Crippen LogP contribution in [0.3, 0.4) is 0 Å². The van der Waals surface area contributed by atoms with Crippen molar-refractivity contribution in [3.05, 3.63) is 0 Å². The Bertz CT molecular complexity index is 126. The van der Waals surface area contributed by atoms with Gasteiger partial charge in [0.25, 0.3) is 6.47 Å². The van der Waals surface area contributed by atoms with E-state index in [0.717, 1.165) is 13.0 Å². The summed E-state index contributed by atoms with van der Waals surface area (Å²) in [6, 6.07) is 0. The quantitative estimate of drug-likeness (QED) is 0.403. The molecule has 0 radical (unpaired) electrons. The number of carbonyl (C=O) groups is 1. The summed E-state index contributed by atoms with van der Waals surface area (Å²) in [6.07, 6.45) is 4.91. The summed E-state index contributed by atoms with van der Waals surface area (Å²) in [5.41, 5.74) is 0. The molecule has 0 aliphatic carbocycles. The molecule has 0 fully saturated rings. The maximum absolute atomic E-state index is 9.82. The normalized spacial score (nSPS) is 12.4. The van der Waals surface area contributed by atoms with Crippen LogP contribution in [0.25, 0.3) is 0 Å². The van der Waals surface area contributed by atoms with Crippen LogP contribution in [0.2, 0.25) is 0 Å². The molecule has 0 aliphatic heterocycles. The third-order valence-corrected chi connectivity index (χ3v) is 2.31. The topological polar surface area (TPSA) is 35.5 Å². The van der Waals surface area contributed by atoms with E-state index in [1.165, 1.54) is 19.3 Å². The monoisotopic (exact) mass is 202 g/mol. The van der Waals surface area contributed by atoms with E-state index in [2.05, 4.69) is 18.6 Å². The van der Waals surface area contributed by atoms with Gasteiger partial charge in [0.1, 0.15) is 6.61 Å². The van der Waals surface area contributed by atoms with Crippen LogP contribution in [-0.2, 0) is 14.3 Å². The highest BCUT2D eigenvalue weighted by Crippen LogP contribution is 2.12. The van der Waals surface area contributed by atoms with Gasteiger partial charge < -0.3 is 9.47 Å². The van der Waals surface area contributed by atoms with Crippen molar-refractivity contribution in [3.63, 3.8) is 0 Å². The average molecular weight is 202 g/mol. The second-order valence-corrected chi connectivity index (χ2v) is 3.46. The number of ether oxygens (including phenoxy) is 2. The molecule has 0 spiro atoms. The summed E-state index contributed by atoms with van der Waals surface area (Å²) in [5.74, 6) is 0.659. The molecule has 0 saturated carbocycles. The summed E-state index contributed by atoms with van der Waals surface area (Å²) in [7, 11) is 0. The molecular weight excluding hydrogens is 180 g/mol. The SMILES string of the molecule is CCCCC(CC)COCCOC=O. The fourth-order valence-corrected chi connectivity index (χ4v) is 1.30. The van der Waals surface area contributed by atoms with Gasteiger partial charge in [0.05, 0.1) is 6.61 Å². The Kier molecular flexibility index (Phi) is 10.1. The van der Waals surface area contributed by atoms with E-state index in [1.54, 1.807) is 0 Å². The predicted molar refractivity (Wildman–Crippen MR) is 56.1 cm³/mol. The molecule has 0 amide bonds. The van der Waals surface area contributed by atoms with E-state index in [4.69, 9.17) is 4.74 Å². The first-order valence-electron chi connectivity index (χ1n) is 5.48. The molecule has 0 aliphatic rings. The minimum atomic E-state index is 0.369. The van der Waals surface area contributed by atoms with Crippen molar-refractivity contribution in [1.82, 2.24) is 0 Å². The Labute approximate surface area is 86.8 Å². The van der Waals surface area contributed by atoms with E-state index < -0.39 is 0 Å². The zero-order valence-corrected chi connectivity index (χ0v) is 9.33. The summed E-state index contributed by atoms with van der Waals surface area (Å²) in [5, 5.41) is 0. The third kappa shape index (κ3) is 8.05. The molecule has 0 saturated heterocycles. The summed E-state index contributed by atoms with van der Waals surface area (Å²) >= 11 is 0. The van der Waals surface area contributed by atoms with Gasteiger partial charge in [0, 0.05) is 6.61 Å². The molecule has 3 heteroatoms. The van der Waals surface area contributed by atoms with Gasteiger partial charge >= 0.3 is 0 Å². The molecule has 0 heterocycles. The van der Waals surface area contributed by atoms with Crippen LogP contribution in [0.5, 0.6) is 0 Å². The number of rotatable bonds is 10. The number of hydrogen-bond donors (Lipinski definition) is 0. The zero-order valence-electron chi connectivity index (χ0n) is 9.33. The van der Waals surface area contributed by atoms with E-state index in [0.29, 0.717) is 25.6 Å². The van der Waals surface area contributed by atoms with Gasteiger partial charge in [-0.05, 0) is 12.3 Å². The Morgan fingerprint density at radius 3 is 2.64 bits per heavy atom. The van der Waals surface area contributed by atoms with Gasteiger partial charge in [-0.2, -0.15) is 0 Å². The lowest BCUT2D eigenvalue weighted by Gasteiger charge is -2.14. The number of hydrogen-bond acceptors (Lipinski definition) is 3. The van der Waals surface area contributed by atoms with Crippen LogP contribution >= 0.6 is 0 Å². The molecule has 0 bridgehead atoms. The number of carbonyl (C=O) groups excluding carboxylic acids is 1. The van der Waals surface area contributed by atoms with Crippen molar-refractivity contribution >= 4 is 6.47 Å². The second-order valence-electron chi connectivity index (χ2n) is 3.46. The Hall–Kier alpha value is -0.570. The molecule has 0 aromatic heterocycles. The van der Waals surface area contributed by atoms with Gasteiger partial charge in [0.15, 0.2) is 0 Å². The molecule has 1 atom stereocenters. The van der Waals surface area contributed by atoms with Crippen molar-refractivity contribution < 1.29 is 14.3 Å². The highest BCUT2D eigenvalue weighted by atomic mass is 16.5. The molecule has 0 aromatic rings. The smallest absolute Gasteiger partial charge is 0.293 e. The molecule has 0 aromatic carbocycles. The fraction of sp³-hybridized carbons (Fsp3) is 0.909. The highest BCUT2D eigenvalue weighted by molar-refractivity contribution is 5.36. The van der Waals surface area contributed by atoms with Crippen molar-refractivity contribution in [2.45, 2.75) is 39.5 Å². The van der Waals surface area contributed by atoms with Crippen molar-refractivity contribution in [2.75, 3.05) is 19.8 Å². The van der Waals surface area contributed by atoms with E-state index in [-0.39, 0.29) is 0 Å². The minimum Gasteiger partial charge on any atom is -0.465 e. The third-order valence-electron chi connectivity index (χ3n) is 2.31. The van der Waals surface area contributed by atoms with Gasteiger partial charge in [-0.15, -0.1) is 0 Å². The average Bonchev–Trinajstić information content (AvgIpc) is 2.22. The van der Waals surface area contributed by atoms with Crippen molar-refractivity contribution in [2.24, 2.45) is 5.92 Å². The molecule has 14 heavy (non-hydrogen) atoms.